The molecule has 4 nitrogen and oxygen atoms in total. The summed E-state index contributed by atoms with van der Waals surface area (Å²) in [6.45, 7) is 1.85. The molecule has 0 spiro atoms. The van der Waals surface area contributed by atoms with Crippen molar-refractivity contribution in [2.24, 2.45) is 0 Å². The van der Waals surface area contributed by atoms with Gasteiger partial charge in [0.05, 0.1) is 12.9 Å². The fraction of sp³-hybridized carbons (Fsp3) is 0.167. The van der Waals surface area contributed by atoms with Crippen LogP contribution < -0.4 is 0 Å². The molecule has 3 aromatic rings. The summed E-state index contributed by atoms with van der Waals surface area (Å²) in [5, 5.41) is 12.4. The predicted molar refractivity (Wildman–Crippen MR) is 87.3 cm³/mol. The van der Waals surface area contributed by atoms with Gasteiger partial charge in [0.15, 0.2) is 0 Å². The maximum atomic E-state index is 12.5. The number of aliphatic hydroxyl groups is 1. The number of rotatable bonds is 4. The molecular weight excluding hydrogens is 316 g/mol. The molecule has 23 heavy (non-hydrogen) atoms. The van der Waals surface area contributed by atoms with Crippen molar-refractivity contribution in [2.45, 2.75) is 12.5 Å². The highest BCUT2D eigenvalue weighted by Crippen LogP contribution is 2.37. The van der Waals surface area contributed by atoms with E-state index in [1.54, 1.807) is 43.3 Å². The van der Waals surface area contributed by atoms with E-state index in [0.717, 1.165) is 0 Å². The van der Waals surface area contributed by atoms with Crippen LogP contribution in [0.2, 0.25) is 5.02 Å². The molecule has 1 N–H and O–H groups in total. The zero-order chi connectivity index (χ0) is 16.4. The second-order valence-corrected chi connectivity index (χ2v) is 5.52. The van der Waals surface area contributed by atoms with Crippen molar-refractivity contribution in [3.63, 3.8) is 0 Å². The standard InChI is InChI=1S/C18H15ClO4/c1-2-22-17(20)18(21,12-7-9-13(19)10-8-12)15-11-23-16-6-4-3-5-14(15)16/h3-11,21H,2H2,1H3/t18-/m1/s1. The Morgan fingerprint density at radius 1 is 1.22 bits per heavy atom. The molecule has 0 amide bonds. The van der Waals surface area contributed by atoms with Crippen LogP contribution in [-0.2, 0) is 15.1 Å². The van der Waals surface area contributed by atoms with Crippen molar-refractivity contribution in [2.75, 3.05) is 6.61 Å². The van der Waals surface area contributed by atoms with Crippen molar-refractivity contribution >= 4 is 28.5 Å². The van der Waals surface area contributed by atoms with Crippen molar-refractivity contribution in [1.29, 1.82) is 0 Å². The van der Waals surface area contributed by atoms with Gasteiger partial charge < -0.3 is 14.3 Å². The lowest BCUT2D eigenvalue weighted by atomic mass is 9.86. The van der Waals surface area contributed by atoms with Crippen LogP contribution in [0.5, 0.6) is 0 Å². The van der Waals surface area contributed by atoms with Crippen LogP contribution in [0.1, 0.15) is 18.1 Å². The van der Waals surface area contributed by atoms with Gasteiger partial charge in [-0.2, -0.15) is 0 Å². The molecule has 0 aliphatic carbocycles. The minimum Gasteiger partial charge on any atom is -0.464 e. The third-order valence-electron chi connectivity index (χ3n) is 3.70. The summed E-state index contributed by atoms with van der Waals surface area (Å²) in [5.41, 5.74) is -0.673. The molecule has 0 aliphatic heterocycles. The highest BCUT2D eigenvalue weighted by molar-refractivity contribution is 6.30. The van der Waals surface area contributed by atoms with Gasteiger partial charge in [-0.3, -0.25) is 0 Å². The Kier molecular flexibility index (Phi) is 4.11. The molecule has 118 valence electrons. The molecule has 5 heteroatoms. The Bertz CT molecular complexity index is 838. The van der Waals surface area contributed by atoms with E-state index in [1.807, 2.05) is 12.1 Å². The Balaban J connectivity index is 2.23. The van der Waals surface area contributed by atoms with Gasteiger partial charge in [-0.25, -0.2) is 4.79 Å². The molecule has 0 fully saturated rings. The highest BCUT2D eigenvalue weighted by atomic mass is 35.5. The zero-order valence-corrected chi connectivity index (χ0v) is 13.2. The number of fused-ring (bicyclic) bond motifs is 1. The van der Waals surface area contributed by atoms with E-state index < -0.39 is 11.6 Å². The summed E-state index contributed by atoms with van der Waals surface area (Å²) in [4.78, 5) is 12.5. The molecule has 1 heterocycles. The Morgan fingerprint density at radius 2 is 1.91 bits per heavy atom. The Labute approximate surface area is 138 Å². The smallest absolute Gasteiger partial charge is 0.347 e. The van der Waals surface area contributed by atoms with Gasteiger partial charge in [-0.15, -0.1) is 0 Å². The fourth-order valence-corrected chi connectivity index (χ4v) is 2.69. The van der Waals surface area contributed by atoms with Crippen LogP contribution >= 0.6 is 11.6 Å². The monoisotopic (exact) mass is 330 g/mol. The number of carbonyl (C=O) groups is 1. The first kappa shape index (κ1) is 15.6. The third kappa shape index (κ3) is 2.60. The number of hydrogen-bond donors (Lipinski definition) is 1. The number of halogens is 1. The lowest BCUT2D eigenvalue weighted by molar-refractivity contribution is -0.161. The summed E-state index contributed by atoms with van der Waals surface area (Å²) in [5.74, 6) is -0.756. The average molecular weight is 331 g/mol. The number of carbonyl (C=O) groups excluding carboxylic acids is 1. The highest BCUT2D eigenvalue weighted by Gasteiger charge is 2.44. The molecule has 2 aromatic carbocycles. The number of esters is 1. The third-order valence-corrected chi connectivity index (χ3v) is 3.96. The summed E-state index contributed by atoms with van der Waals surface area (Å²) in [7, 11) is 0. The van der Waals surface area contributed by atoms with Crippen LogP contribution in [0.4, 0.5) is 0 Å². The van der Waals surface area contributed by atoms with Crippen LogP contribution in [0.25, 0.3) is 11.0 Å². The minimum atomic E-state index is -1.97. The average Bonchev–Trinajstić information content (AvgIpc) is 2.99. The zero-order valence-electron chi connectivity index (χ0n) is 12.5. The first-order valence-corrected chi connectivity index (χ1v) is 7.57. The molecule has 1 atom stereocenters. The lowest BCUT2D eigenvalue weighted by Gasteiger charge is -2.25. The Hall–Kier alpha value is -2.30. The Morgan fingerprint density at radius 3 is 2.61 bits per heavy atom. The fourth-order valence-electron chi connectivity index (χ4n) is 2.57. The summed E-state index contributed by atoms with van der Waals surface area (Å²) in [6, 6.07) is 13.6. The second kappa shape index (κ2) is 6.07. The van der Waals surface area contributed by atoms with Crippen molar-refractivity contribution < 1.29 is 19.1 Å². The van der Waals surface area contributed by atoms with E-state index in [0.29, 0.717) is 27.1 Å². The van der Waals surface area contributed by atoms with Gasteiger partial charge in [0.1, 0.15) is 5.58 Å². The number of furan rings is 1. The maximum Gasteiger partial charge on any atom is 0.347 e. The molecule has 0 bridgehead atoms. The van der Waals surface area contributed by atoms with Gasteiger partial charge in [-0.1, -0.05) is 41.9 Å². The van der Waals surface area contributed by atoms with Gasteiger partial charge in [0, 0.05) is 16.0 Å². The topological polar surface area (TPSA) is 59.7 Å². The quantitative estimate of drug-likeness (QED) is 0.737. The van der Waals surface area contributed by atoms with Crippen LogP contribution in [0.15, 0.2) is 59.2 Å². The molecule has 0 aliphatic rings. The van der Waals surface area contributed by atoms with Gasteiger partial charge in [-0.05, 0) is 30.7 Å². The van der Waals surface area contributed by atoms with E-state index in [1.165, 1.54) is 6.26 Å². The van der Waals surface area contributed by atoms with E-state index >= 15 is 0 Å². The van der Waals surface area contributed by atoms with Crippen LogP contribution in [0, 0.1) is 0 Å². The number of para-hydroxylation sites is 1. The van der Waals surface area contributed by atoms with Gasteiger partial charge in [0.2, 0.25) is 5.60 Å². The largest absolute Gasteiger partial charge is 0.464 e. The normalized spacial score (nSPS) is 13.7. The summed E-state index contributed by atoms with van der Waals surface area (Å²) < 4.78 is 10.6. The molecule has 3 rings (SSSR count). The first-order valence-electron chi connectivity index (χ1n) is 7.19. The lowest BCUT2D eigenvalue weighted by Crippen LogP contribution is -2.38. The summed E-state index contributed by atoms with van der Waals surface area (Å²) >= 11 is 5.91. The molecular formula is C18H15ClO4. The maximum absolute atomic E-state index is 12.5. The van der Waals surface area contributed by atoms with Gasteiger partial charge >= 0.3 is 5.97 Å². The molecule has 0 saturated heterocycles. The van der Waals surface area contributed by atoms with E-state index in [2.05, 4.69) is 0 Å². The molecule has 0 saturated carbocycles. The molecule has 0 unspecified atom stereocenters. The minimum absolute atomic E-state index is 0.157. The SMILES string of the molecule is CCOC(=O)[C@@](O)(c1ccc(Cl)cc1)c1coc2ccccc12. The number of hydrogen-bond acceptors (Lipinski definition) is 4. The number of ether oxygens (including phenoxy) is 1. The molecule has 1 aromatic heterocycles. The summed E-state index contributed by atoms with van der Waals surface area (Å²) in [6.07, 6.45) is 1.39. The van der Waals surface area contributed by atoms with Crippen molar-refractivity contribution in [3.05, 3.63) is 70.9 Å². The second-order valence-electron chi connectivity index (χ2n) is 5.08. The van der Waals surface area contributed by atoms with Crippen molar-refractivity contribution in [1.82, 2.24) is 0 Å². The first-order chi connectivity index (χ1) is 11.1. The predicted octanol–water partition coefficient (Wildman–Crippen LogP) is 3.89. The van der Waals surface area contributed by atoms with E-state index in [-0.39, 0.29) is 6.61 Å². The van der Waals surface area contributed by atoms with Crippen molar-refractivity contribution in [3.8, 4) is 0 Å². The van der Waals surface area contributed by atoms with E-state index in [9.17, 15) is 9.90 Å². The number of benzene rings is 2. The van der Waals surface area contributed by atoms with Gasteiger partial charge in [0.25, 0.3) is 0 Å². The van der Waals surface area contributed by atoms with Crippen LogP contribution in [-0.4, -0.2) is 17.7 Å². The van der Waals surface area contributed by atoms with Crippen LogP contribution in [0.3, 0.4) is 0 Å². The van der Waals surface area contributed by atoms with E-state index in [4.69, 9.17) is 20.8 Å². The molecule has 0 radical (unpaired) electrons.